The molecule has 7 heteroatoms. The maximum absolute atomic E-state index is 12.6. The molecule has 2 heterocycles. The van der Waals surface area contributed by atoms with Gasteiger partial charge in [-0.15, -0.1) is 0 Å². The molecule has 6 nitrogen and oxygen atoms in total. The van der Waals surface area contributed by atoms with E-state index in [9.17, 15) is 13.2 Å². The van der Waals surface area contributed by atoms with Crippen molar-refractivity contribution in [2.75, 3.05) is 26.2 Å². The molecule has 22 heavy (non-hydrogen) atoms. The highest BCUT2D eigenvalue weighted by molar-refractivity contribution is 7.89. The number of hydrogen-bond acceptors (Lipinski definition) is 4. The molecule has 3 rings (SSSR count). The van der Waals surface area contributed by atoms with Crippen LogP contribution in [0.2, 0.25) is 0 Å². The minimum Gasteiger partial charge on any atom is -0.478 e. The molecule has 2 aliphatic heterocycles. The molecule has 0 spiro atoms. The molecule has 0 saturated carbocycles. The van der Waals surface area contributed by atoms with Crippen LogP contribution in [0.15, 0.2) is 29.2 Å². The van der Waals surface area contributed by atoms with Crippen LogP contribution in [-0.2, 0) is 10.0 Å². The fourth-order valence-electron chi connectivity index (χ4n) is 3.25. The van der Waals surface area contributed by atoms with Gasteiger partial charge in [-0.3, -0.25) is 4.90 Å². The third-order valence-electron chi connectivity index (χ3n) is 4.52. The summed E-state index contributed by atoms with van der Waals surface area (Å²) in [5.41, 5.74) is 0.0929. The third kappa shape index (κ3) is 2.88. The van der Waals surface area contributed by atoms with Gasteiger partial charge in [0, 0.05) is 19.1 Å². The second-order valence-corrected chi connectivity index (χ2v) is 7.82. The summed E-state index contributed by atoms with van der Waals surface area (Å²) in [4.78, 5) is 13.4. The van der Waals surface area contributed by atoms with Crippen molar-refractivity contribution in [3.8, 4) is 0 Å². The van der Waals surface area contributed by atoms with Crippen molar-refractivity contribution in [3.05, 3.63) is 29.8 Å². The number of carbonyl (C=O) groups is 1. The third-order valence-corrected chi connectivity index (χ3v) is 6.40. The highest BCUT2D eigenvalue weighted by Crippen LogP contribution is 2.25. The van der Waals surface area contributed by atoms with Crippen LogP contribution in [0.3, 0.4) is 0 Å². The number of nitrogens with zero attached hydrogens (tertiary/aromatic N) is 2. The monoisotopic (exact) mass is 324 g/mol. The molecule has 0 bridgehead atoms. The van der Waals surface area contributed by atoms with E-state index in [4.69, 9.17) is 5.11 Å². The largest absolute Gasteiger partial charge is 0.478 e. The predicted octanol–water partition coefficient (Wildman–Crippen LogP) is 1.24. The fraction of sp³-hybridized carbons (Fsp3) is 0.533. The normalized spacial score (nSPS) is 23.9. The Labute approximate surface area is 130 Å². The van der Waals surface area contributed by atoms with Crippen LogP contribution < -0.4 is 0 Å². The van der Waals surface area contributed by atoms with Crippen molar-refractivity contribution < 1.29 is 18.3 Å². The zero-order valence-corrected chi connectivity index (χ0v) is 13.1. The molecule has 0 radical (unpaired) electrons. The quantitative estimate of drug-likeness (QED) is 0.902. The summed E-state index contributed by atoms with van der Waals surface area (Å²) in [5.74, 6) is -1.06. The number of carboxylic acids is 1. The average Bonchev–Trinajstić information content (AvgIpc) is 3.18. The van der Waals surface area contributed by atoms with Gasteiger partial charge >= 0.3 is 5.97 Å². The van der Waals surface area contributed by atoms with E-state index in [0.717, 1.165) is 19.5 Å². The van der Waals surface area contributed by atoms with Crippen molar-refractivity contribution in [2.45, 2.75) is 30.2 Å². The maximum Gasteiger partial charge on any atom is 0.335 e. The molecule has 0 unspecified atom stereocenters. The van der Waals surface area contributed by atoms with Gasteiger partial charge in [0.05, 0.1) is 10.5 Å². The van der Waals surface area contributed by atoms with Crippen LogP contribution in [0.1, 0.15) is 29.6 Å². The van der Waals surface area contributed by atoms with E-state index in [1.807, 2.05) is 0 Å². The van der Waals surface area contributed by atoms with Crippen LogP contribution in [0.25, 0.3) is 0 Å². The molecule has 2 aliphatic rings. The predicted molar refractivity (Wildman–Crippen MR) is 81.4 cm³/mol. The van der Waals surface area contributed by atoms with E-state index in [2.05, 4.69) is 4.90 Å². The average molecular weight is 324 g/mol. The van der Waals surface area contributed by atoms with Crippen LogP contribution in [0.4, 0.5) is 0 Å². The summed E-state index contributed by atoms with van der Waals surface area (Å²) >= 11 is 0. The van der Waals surface area contributed by atoms with Gasteiger partial charge in [0.25, 0.3) is 0 Å². The smallest absolute Gasteiger partial charge is 0.335 e. The fourth-order valence-corrected chi connectivity index (χ4v) is 4.74. The Morgan fingerprint density at radius 1 is 1.09 bits per heavy atom. The van der Waals surface area contributed by atoms with Gasteiger partial charge in [-0.1, -0.05) is 0 Å². The number of aromatic carboxylic acids is 1. The van der Waals surface area contributed by atoms with Crippen molar-refractivity contribution >= 4 is 16.0 Å². The highest BCUT2D eigenvalue weighted by Gasteiger charge is 2.35. The number of likely N-dealkylation sites (tertiary alicyclic amines) is 1. The first-order valence-corrected chi connectivity index (χ1v) is 9.00. The summed E-state index contributed by atoms with van der Waals surface area (Å²) in [5, 5.41) is 8.88. The molecule has 1 aromatic rings. The van der Waals surface area contributed by atoms with Gasteiger partial charge < -0.3 is 5.11 Å². The molecule has 2 saturated heterocycles. The van der Waals surface area contributed by atoms with Crippen LogP contribution >= 0.6 is 0 Å². The number of carboxylic acid groups (broad SMARTS) is 1. The Hall–Kier alpha value is -1.44. The van der Waals surface area contributed by atoms with Gasteiger partial charge in [0.15, 0.2) is 0 Å². The Morgan fingerprint density at radius 2 is 1.73 bits per heavy atom. The van der Waals surface area contributed by atoms with Crippen molar-refractivity contribution in [1.82, 2.24) is 9.21 Å². The van der Waals surface area contributed by atoms with Crippen molar-refractivity contribution in [1.29, 1.82) is 0 Å². The van der Waals surface area contributed by atoms with Gasteiger partial charge in [-0.05, 0) is 56.6 Å². The lowest BCUT2D eigenvalue weighted by Gasteiger charge is -2.23. The zero-order chi connectivity index (χ0) is 15.7. The minimum absolute atomic E-state index is 0.0929. The number of benzene rings is 1. The van der Waals surface area contributed by atoms with Gasteiger partial charge in [0.1, 0.15) is 0 Å². The van der Waals surface area contributed by atoms with E-state index in [1.165, 1.54) is 41.4 Å². The lowest BCUT2D eigenvalue weighted by atomic mass is 10.2. The Balaban J connectivity index is 1.74. The first kappa shape index (κ1) is 15.5. The zero-order valence-electron chi connectivity index (χ0n) is 12.3. The van der Waals surface area contributed by atoms with E-state index in [0.29, 0.717) is 19.1 Å². The SMILES string of the molecule is O=C(O)c1ccc(S(=O)(=O)N2CC[C@H](N3CCCC3)C2)cc1. The molecular weight excluding hydrogens is 304 g/mol. The lowest BCUT2D eigenvalue weighted by molar-refractivity contribution is 0.0696. The molecule has 2 fully saturated rings. The molecule has 0 aliphatic carbocycles. The highest BCUT2D eigenvalue weighted by atomic mass is 32.2. The summed E-state index contributed by atoms with van der Waals surface area (Å²) in [6.45, 7) is 3.19. The molecular formula is C15H20N2O4S. The molecule has 1 aromatic carbocycles. The molecule has 0 amide bonds. The minimum atomic E-state index is -3.53. The van der Waals surface area contributed by atoms with Crippen LogP contribution in [0, 0.1) is 0 Å². The van der Waals surface area contributed by atoms with Crippen molar-refractivity contribution in [2.24, 2.45) is 0 Å². The Kier molecular flexibility index (Phi) is 4.20. The molecule has 0 aromatic heterocycles. The van der Waals surface area contributed by atoms with E-state index >= 15 is 0 Å². The van der Waals surface area contributed by atoms with E-state index in [-0.39, 0.29) is 10.5 Å². The van der Waals surface area contributed by atoms with Gasteiger partial charge in [-0.25, -0.2) is 13.2 Å². The molecule has 1 N–H and O–H groups in total. The van der Waals surface area contributed by atoms with E-state index in [1.54, 1.807) is 0 Å². The summed E-state index contributed by atoms with van der Waals surface area (Å²) in [6, 6.07) is 5.74. The molecule has 120 valence electrons. The standard InChI is InChI=1S/C15H20N2O4S/c18-15(19)12-3-5-14(6-4-12)22(20,21)17-10-7-13(11-17)16-8-1-2-9-16/h3-6,13H,1-2,7-11H2,(H,18,19)/t13-/m0/s1. The Morgan fingerprint density at radius 3 is 2.32 bits per heavy atom. The number of sulfonamides is 1. The van der Waals surface area contributed by atoms with Crippen molar-refractivity contribution in [3.63, 3.8) is 0 Å². The lowest BCUT2D eigenvalue weighted by Crippen LogP contribution is -2.37. The Bertz CT molecular complexity index is 651. The second kappa shape index (κ2) is 5.98. The summed E-state index contributed by atoms with van der Waals surface area (Å²) < 4.78 is 26.8. The number of hydrogen-bond donors (Lipinski definition) is 1. The first-order chi connectivity index (χ1) is 10.5. The summed E-state index contributed by atoms with van der Waals surface area (Å²) in [6.07, 6.45) is 3.26. The van der Waals surface area contributed by atoms with E-state index < -0.39 is 16.0 Å². The summed E-state index contributed by atoms with van der Waals surface area (Å²) in [7, 11) is -3.53. The van der Waals surface area contributed by atoms with Gasteiger partial charge in [0.2, 0.25) is 10.0 Å². The second-order valence-electron chi connectivity index (χ2n) is 5.88. The maximum atomic E-state index is 12.6. The first-order valence-electron chi connectivity index (χ1n) is 7.56. The molecule has 1 atom stereocenters. The topological polar surface area (TPSA) is 77.9 Å². The number of rotatable bonds is 4. The van der Waals surface area contributed by atoms with Gasteiger partial charge in [-0.2, -0.15) is 4.31 Å². The van der Waals surface area contributed by atoms with Crippen LogP contribution in [0.5, 0.6) is 0 Å². The van der Waals surface area contributed by atoms with Crippen LogP contribution in [-0.4, -0.2) is 60.9 Å².